The van der Waals surface area contributed by atoms with E-state index in [0.29, 0.717) is 35.8 Å². The van der Waals surface area contributed by atoms with Gasteiger partial charge in [0, 0.05) is 5.69 Å². The van der Waals surface area contributed by atoms with E-state index in [9.17, 15) is 9.59 Å². The van der Waals surface area contributed by atoms with Crippen LogP contribution in [0.1, 0.15) is 16.8 Å². The van der Waals surface area contributed by atoms with Crippen LogP contribution in [0, 0.1) is 13.8 Å². The van der Waals surface area contributed by atoms with Gasteiger partial charge in [-0.15, -0.1) is 0 Å². The lowest BCUT2D eigenvalue weighted by atomic mass is 10.1. The minimum atomic E-state index is -0.595. The normalized spacial score (nSPS) is 17.9. The van der Waals surface area contributed by atoms with Crippen LogP contribution >= 0.6 is 0 Å². The van der Waals surface area contributed by atoms with E-state index in [0.717, 1.165) is 34.2 Å². The van der Waals surface area contributed by atoms with Gasteiger partial charge in [0.1, 0.15) is 30.7 Å². The molecule has 8 heteroatoms. The standard InChI is InChI=1S/C24H24N6O2/c1-14-6-3-4-9-19(14)30-17(10-16-8-5-7-15(2)20(16)24(30)32)11-29-23-21(18(12-31)28-29)22(25)26-13-27-23/h3-10,12,18,27-28H,11,13H2,1-2H3,(H2,25,26). The third kappa shape index (κ3) is 3.07. The summed E-state index contributed by atoms with van der Waals surface area (Å²) < 4.78 is 1.76. The summed E-state index contributed by atoms with van der Waals surface area (Å²) in [5.74, 6) is 1.05. The number of fused-ring (bicyclic) bond motifs is 1. The second-order valence-electron chi connectivity index (χ2n) is 8.07. The first kappa shape index (κ1) is 20.0. The lowest BCUT2D eigenvalue weighted by Crippen LogP contribution is -2.41. The highest BCUT2D eigenvalue weighted by atomic mass is 16.1. The van der Waals surface area contributed by atoms with Crippen molar-refractivity contribution in [2.75, 3.05) is 6.67 Å². The summed E-state index contributed by atoms with van der Waals surface area (Å²) in [7, 11) is 0. The van der Waals surface area contributed by atoms with Gasteiger partial charge in [0.15, 0.2) is 0 Å². The van der Waals surface area contributed by atoms with E-state index in [1.807, 2.05) is 67.4 Å². The largest absolute Gasteiger partial charge is 0.384 e. The zero-order chi connectivity index (χ0) is 22.4. The number of para-hydroxylation sites is 1. The molecule has 1 aromatic heterocycles. The Kier molecular flexibility index (Phi) is 4.79. The van der Waals surface area contributed by atoms with Gasteiger partial charge < -0.3 is 15.8 Å². The molecule has 2 aromatic carbocycles. The summed E-state index contributed by atoms with van der Waals surface area (Å²) in [6, 6.07) is 15.1. The number of carbonyl (C=O) groups is 1. The maximum Gasteiger partial charge on any atom is 0.263 e. The van der Waals surface area contributed by atoms with Crippen LogP contribution in [0.5, 0.6) is 0 Å². The molecule has 4 N–H and O–H groups in total. The lowest BCUT2D eigenvalue weighted by molar-refractivity contribution is -0.109. The maximum absolute atomic E-state index is 13.8. The van der Waals surface area contributed by atoms with Crippen molar-refractivity contribution in [3.05, 3.63) is 87.1 Å². The Hall–Kier alpha value is -3.91. The molecule has 0 spiro atoms. The molecule has 0 aliphatic carbocycles. The van der Waals surface area contributed by atoms with Crippen molar-refractivity contribution in [2.24, 2.45) is 10.7 Å². The van der Waals surface area contributed by atoms with E-state index in [-0.39, 0.29) is 5.56 Å². The Balaban J connectivity index is 1.70. The van der Waals surface area contributed by atoms with E-state index < -0.39 is 6.04 Å². The van der Waals surface area contributed by atoms with E-state index in [4.69, 9.17) is 5.73 Å². The molecule has 1 unspecified atom stereocenters. The monoisotopic (exact) mass is 428 g/mol. The van der Waals surface area contributed by atoms with Gasteiger partial charge in [-0.05, 0) is 42.5 Å². The van der Waals surface area contributed by atoms with Crippen LogP contribution in [0.25, 0.3) is 16.5 Å². The summed E-state index contributed by atoms with van der Waals surface area (Å²) in [6.45, 7) is 4.62. The summed E-state index contributed by atoms with van der Waals surface area (Å²) in [4.78, 5) is 29.6. The Morgan fingerprint density at radius 1 is 1.16 bits per heavy atom. The Labute approximate surface area is 185 Å². The summed E-state index contributed by atoms with van der Waals surface area (Å²) in [5.41, 5.74) is 13.4. The quantitative estimate of drug-likeness (QED) is 0.546. The van der Waals surface area contributed by atoms with E-state index >= 15 is 0 Å². The first-order valence-corrected chi connectivity index (χ1v) is 10.5. The maximum atomic E-state index is 13.8. The van der Waals surface area contributed by atoms with Crippen molar-refractivity contribution < 1.29 is 4.79 Å². The average Bonchev–Trinajstić information content (AvgIpc) is 3.14. The molecule has 3 heterocycles. The molecule has 2 aliphatic rings. The SMILES string of the molecule is Cc1ccccc1-n1c(CN2NC(C=O)C3=C2NCN=C3N)cc2cccc(C)c2c1=O. The minimum absolute atomic E-state index is 0.0667. The van der Waals surface area contributed by atoms with Crippen molar-refractivity contribution in [2.45, 2.75) is 26.4 Å². The van der Waals surface area contributed by atoms with Gasteiger partial charge in [-0.25, -0.2) is 10.4 Å². The predicted molar refractivity (Wildman–Crippen MR) is 124 cm³/mol. The Morgan fingerprint density at radius 2 is 1.94 bits per heavy atom. The van der Waals surface area contributed by atoms with Crippen molar-refractivity contribution in [1.29, 1.82) is 0 Å². The molecule has 3 aromatic rings. The first-order valence-electron chi connectivity index (χ1n) is 10.5. The van der Waals surface area contributed by atoms with Crippen LogP contribution in [-0.4, -0.2) is 34.4 Å². The predicted octanol–water partition coefficient (Wildman–Crippen LogP) is 1.62. The molecule has 0 fully saturated rings. The van der Waals surface area contributed by atoms with Crippen LogP contribution in [0.4, 0.5) is 0 Å². The van der Waals surface area contributed by atoms with Crippen LogP contribution in [0.15, 0.2) is 69.7 Å². The number of hydrogen-bond donors (Lipinski definition) is 3. The molecule has 0 amide bonds. The fraction of sp³-hybridized carbons (Fsp3) is 0.208. The molecule has 1 atom stereocenters. The smallest absolute Gasteiger partial charge is 0.263 e. The van der Waals surface area contributed by atoms with Crippen molar-refractivity contribution in [1.82, 2.24) is 20.3 Å². The molecule has 162 valence electrons. The van der Waals surface area contributed by atoms with Gasteiger partial charge in [0.05, 0.1) is 23.2 Å². The number of hydrazine groups is 1. The number of aliphatic imine (C=N–C) groups is 1. The highest BCUT2D eigenvalue weighted by Crippen LogP contribution is 2.26. The molecular weight excluding hydrogens is 404 g/mol. The zero-order valence-electron chi connectivity index (χ0n) is 17.9. The van der Waals surface area contributed by atoms with Crippen LogP contribution in [0.3, 0.4) is 0 Å². The van der Waals surface area contributed by atoms with Crippen molar-refractivity contribution in [3.8, 4) is 5.69 Å². The number of rotatable bonds is 4. The van der Waals surface area contributed by atoms with E-state index in [1.54, 1.807) is 4.57 Å². The van der Waals surface area contributed by atoms with E-state index in [1.165, 1.54) is 0 Å². The molecule has 0 saturated carbocycles. The number of benzene rings is 2. The Morgan fingerprint density at radius 3 is 2.72 bits per heavy atom. The summed E-state index contributed by atoms with van der Waals surface area (Å²) in [5, 5.41) is 6.62. The number of hydrogen-bond acceptors (Lipinski definition) is 7. The first-order chi connectivity index (χ1) is 15.5. The van der Waals surface area contributed by atoms with Gasteiger partial charge in [0.2, 0.25) is 0 Å². The number of nitrogens with zero attached hydrogens (tertiary/aromatic N) is 3. The highest BCUT2D eigenvalue weighted by molar-refractivity contribution is 6.03. The van der Waals surface area contributed by atoms with E-state index in [2.05, 4.69) is 15.7 Å². The molecule has 8 nitrogen and oxygen atoms in total. The molecule has 5 rings (SSSR count). The van der Waals surface area contributed by atoms with Gasteiger partial charge >= 0.3 is 0 Å². The fourth-order valence-corrected chi connectivity index (χ4v) is 4.51. The average molecular weight is 428 g/mol. The second-order valence-corrected chi connectivity index (χ2v) is 8.07. The highest BCUT2D eigenvalue weighted by Gasteiger charge is 2.35. The second kappa shape index (κ2) is 7.65. The summed E-state index contributed by atoms with van der Waals surface area (Å²) in [6.07, 6.45) is 0.808. The number of aldehydes is 1. The lowest BCUT2D eigenvalue weighted by Gasteiger charge is -2.26. The molecule has 0 bridgehead atoms. The number of nitrogens with two attached hydrogens (primary N) is 1. The third-order valence-electron chi connectivity index (χ3n) is 6.05. The molecule has 2 aliphatic heterocycles. The number of pyridine rings is 1. The topological polar surface area (TPSA) is 105 Å². The fourth-order valence-electron chi connectivity index (χ4n) is 4.51. The molecule has 0 radical (unpaired) electrons. The van der Waals surface area contributed by atoms with Crippen LogP contribution < -0.4 is 22.0 Å². The minimum Gasteiger partial charge on any atom is -0.384 e. The van der Waals surface area contributed by atoms with Crippen LogP contribution in [-0.2, 0) is 11.3 Å². The molecule has 0 saturated heterocycles. The number of carbonyl (C=O) groups excluding carboxylic acids is 1. The van der Waals surface area contributed by atoms with Gasteiger partial charge in [-0.3, -0.25) is 14.4 Å². The number of aryl methyl sites for hydroxylation is 2. The van der Waals surface area contributed by atoms with Crippen molar-refractivity contribution in [3.63, 3.8) is 0 Å². The molecule has 32 heavy (non-hydrogen) atoms. The van der Waals surface area contributed by atoms with Gasteiger partial charge in [-0.1, -0.05) is 36.4 Å². The van der Waals surface area contributed by atoms with Crippen molar-refractivity contribution >= 4 is 22.9 Å². The Bertz CT molecular complexity index is 1370. The molecular formula is C24H24N6O2. The summed E-state index contributed by atoms with van der Waals surface area (Å²) >= 11 is 0. The number of aromatic nitrogens is 1. The van der Waals surface area contributed by atoms with Crippen LogP contribution in [0.2, 0.25) is 0 Å². The zero-order valence-corrected chi connectivity index (χ0v) is 17.9. The van der Waals surface area contributed by atoms with Gasteiger partial charge in [-0.2, -0.15) is 0 Å². The number of amidine groups is 1. The van der Waals surface area contributed by atoms with Gasteiger partial charge in [0.25, 0.3) is 5.56 Å². The number of nitrogens with one attached hydrogen (secondary N) is 2. The third-order valence-corrected chi connectivity index (χ3v) is 6.05.